The van der Waals surface area contributed by atoms with Crippen molar-refractivity contribution in [3.05, 3.63) is 23.8 Å². The topological polar surface area (TPSA) is 128 Å². The molecule has 4 N–H and O–H groups in total. The van der Waals surface area contributed by atoms with Gasteiger partial charge in [0, 0.05) is 0 Å². The Morgan fingerprint density at radius 2 is 2.05 bits per heavy atom. The van der Waals surface area contributed by atoms with Gasteiger partial charge >= 0.3 is 11.9 Å². The minimum absolute atomic E-state index is 0.0367. The number of carbonyl (C=O) groups excluding carboxylic acids is 2. The van der Waals surface area contributed by atoms with Crippen LogP contribution in [0.25, 0.3) is 0 Å². The molecule has 21 heavy (non-hydrogen) atoms. The number of benzene rings is 1. The normalized spacial score (nSPS) is 11.4. The van der Waals surface area contributed by atoms with Crippen LogP contribution in [0.3, 0.4) is 0 Å². The van der Waals surface area contributed by atoms with E-state index in [1.807, 2.05) is 0 Å². The summed E-state index contributed by atoms with van der Waals surface area (Å²) < 4.78 is 9.79. The molecule has 0 aromatic heterocycles. The molecule has 0 heterocycles. The van der Waals surface area contributed by atoms with Crippen LogP contribution in [0, 0.1) is 0 Å². The zero-order valence-corrected chi connectivity index (χ0v) is 11.6. The number of carbonyl (C=O) groups is 3. The monoisotopic (exact) mass is 296 g/mol. The van der Waals surface area contributed by atoms with Gasteiger partial charge in [0.05, 0.1) is 24.9 Å². The minimum Gasteiger partial charge on any atom is -0.479 e. The Balaban J connectivity index is 3.14. The molecule has 0 aliphatic heterocycles. The number of nitrogens with one attached hydrogen (secondary N) is 1. The first kappa shape index (κ1) is 16.4. The predicted molar refractivity (Wildman–Crippen MR) is 73.2 cm³/mol. The zero-order valence-electron chi connectivity index (χ0n) is 11.6. The number of carboxylic acids is 1. The van der Waals surface area contributed by atoms with E-state index in [0.717, 1.165) is 0 Å². The van der Waals surface area contributed by atoms with Crippen molar-refractivity contribution >= 4 is 23.5 Å². The molecule has 0 spiro atoms. The van der Waals surface area contributed by atoms with E-state index < -0.39 is 23.9 Å². The predicted octanol–water partition coefficient (Wildman–Crippen LogP) is 0.222. The number of ether oxygens (including phenoxy) is 2. The number of rotatable bonds is 6. The highest BCUT2D eigenvalue weighted by molar-refractivity contribution is 5.95. The fraction of sp³-hybridized carbons (Fsp3) is 0.308. The Morgan fingerprint density at radius 1 is 1.38 bits per heavy atom. The number of anilines is 1. The van der Waals surface area contributed by atoms with Crippen molar-refractivity contribution < 1.29 is 29.0 Å². The highest BCUT2D eigenvalue weighted by Gasteiger charge is 2.18. The molecule has 1 rings (SSSR count). The number of hydrogen-bond donors (Lipinski definition) is 3. The highest BCUT2D eigenvalue weighted by atomic mass is 16.5. The summed E-state index contributed by atoms with van der Waals surface area (Å²) >= 11 is 0. The second kappa shape index (κ2) is 7.25. The van der Waals surface area contributed by atoms with Gasteiger partial charge in [-0.05, 0) is 25.1 Å². The summed E-state index contributed by atoms with van der Waals surface area (Å²) in [6.45, 7) is 1.08. The molecular weight excluding hydrogens is 280 g/mol. The van der Waals surface area contributed by atoms with E-state index in [9.17, 15) is 14.4 Å². The number of esters is 1. The van der Waals surface area contributed by atoms with E-state index in [1.54, 1.807) is 0 Å². The van der Waals surface area contributed by atoms with Crippen molar-refractivity contribution in [2.24, 2.45) is 5.73 Å². The molecule has 0 fully saturated rings. The SMILES string of the molecule is COC(=O)c1ccc(NC(=O)CN)c(OC(C)C(=O)O)c1. The number of carboxylic acid groups (broad SMARTS) is 1. The second-order valence-electron chi connectivity index (χ2n) is 4.05. The lowest BCUT2D eigenvalue weighted by atomic mass is 10.2. The lowest BCUT2D eigenvalue weighted by Gasteiger charge is -2.15. The Bertz CT molecular complexity index is 558. The van der Waals surface area contributed by atoms with Gasteiger partial charge in [0.25, 0.3) is 0 Å². The van der Waals surface area contributed by atoms with Crippen molar-refractivity contribution in [2.45, 2.75) is 13.0 Å². The van der Waals surface area contributed by atoms with Crippen LogP contribution in [-0.2, 0) is 14.3 Å². The molecule has 1 unspecified atom stereocenters. The van der Waals surface area contributed by atoms with Gasteiger partial charge in [-0.3, -0.25) is 4.79 Å². The summed E-state index contributed by atoms with van der Waals surface area (Å²) in [7, 11) is 1.22. The van der Waals surface area contributed by atoms with Gasteiger partial charge < -0.3 is 25.6 Å². The third kappa shape index (κ3) is 4.46. The molecule has 0 aliphatic carbocycles. The Hall–Kier alpha value is -2.61. The smallest absolute Gasteiger partial charge is 0.344 e. The molecule has 0 bridgehead atoms. The van der Waals surface area contributed by atoms with Gasteiger partial charge in [-0.2, -0.15) is 0 Å². The number of aliphatic carboxylic acids is 1. The molecular formula is C13H16N2O6. The molecule has 1 aromatic carbocycles. The van der Waals surface area contributed by atoms with Gasteiger partial charge in [-0.1, -0.05) is 0 Å². The Labute approximate surface area is 120 Å². The summed E-state index contributed by atoms with van der Waals surface area (Å²) in [5.74, 6) is -2.24. The van der Waals surface area contributed by atoms with Crippen LogP contribution in [-0.4, -0.2) is 42.7 Å². The van der Waals surface area contributed by atoms with E-state index in [-0.39, 0.29) is 23.5 Å². The Morgan fingerprint density at radius 3 is 2.57 bits per heavy atom. The van der Waals surface area contributed by atoms with E-state index in [1.165, 1.54) is 32.2 Å². The number of amides is 1. The average molecular weight is 296 g/mol. The first-order valence-electron chi connectivity index (χ1n) is 6.00. The first-order valence-corrected chi connectivity index (χ1v) is 6.00. The molecule has 0 saturated carbocycles. The van der Waals surface area contributed by atoms with Crippen molar-refractivity contribution in [2.75, 3.05) is 19.0 Å². The van der Waals surface area contributed by atoms with Crippen LogP contribution in [0.15, 0.2) is 18.2 Å². The second-order valence-corrected chi connectivity index (χ2v) is 4.05. The molecule has 0 aliphatic rings. The molecule has 0 saturated heterocycles. The summed E-state index contributed by atoms with van der Waals surface area (Å²) in [6.07, 6.45) is -1.16. The van der Waals surface area contributed by atoms with Crippen molar-refractivity contribution in [3.8, 4) is 5.75 Å². The third-order valence-electron chi connectivity index (χ3n) is 2.51. The van der Waals surface area contributed by atoms with Crippen LogP contribution in [0.5, 0.6) is 5.75 Å². The number of methoxy groups -OCH3 is 1. The largest absolute Gasteiger partial charge is 0.479 e. The van der Waals surface area contributed by atoms with Gasteiger partial charge in [0.15, 0.2) is 6.10 Å². The van der Waals surface area contributed by atoms with Crippen LogP contribution < -0.4 is 15.8 Å². The highest BCUT2D eigenvalue weighted by Crippen LogP contribution is 2.27. The van der Waals surface area contributed by atoms with E-state index >= 15 is 0 Å². The maximum absolute atomic E-state index is 11.5. The molecule has 0 radical (unpaired) electrons. The third-order valence-corrected chi connectivity index (χ3v) is 2.51. The van der Waals surface area contributed by atoms with Gasteiger partial charge in [-0.25, -0.2) is 9.59 Å². The van der Waals surface area contributed by atoms with E-state index in [2.05, 4.69) is 10.1 Å². The quantitative estimate of drug-likeness (QED) is 0.640. The molecule has 1 amide bonds. The maximum Gasteiger partial charge on any atom is 0.344 e. The minimum atomic E-state index is -1.19. The number of nitrogens with two attached hydrogens (primary N) is 1. The average Bonchev–Trinajstić information content (AvgIpc) is 2.47. The summed E-state index contributed by atoms with van der Waals surface area (Å²) in [6, 6.07) is 4.11. The lowest BCUT2D eigenvalue weighted by Crippen LogP contribution is -2.25. The molecule has 1 atom stereocenters. The van der Waals surface area contributed by atoms with Crippen LogP contribution in [0.2, 0.25) is 0 Å². The van der Waals surface area contributed by atoms with E-state index in [4.69, 9.17) is 15.6 Å². The van der Waals surface area contributed by atoms with Crippen molar-refractivity contribution in [1.82, 2.24) is 0 Å². The van der Waals surface area contributed by atoms with Gasteiger partial charge in [-0.15, -0.1) is 0 Å². The van der Waals surface area contributed by atoms with E-state index in [0.29, 0.717) is 0 Å². The standard InChI is InChI=1S/C13H16N2O6/c1-7(12(17)18)21-10-5-8(13(19)20-2)3-4-9(10)15-11(16)6-14/h3-5,7H,6,14H2,1-2H3,(H,15,16)(H,17,18). The van der Waals surface area contributed by atoms with Crippen LogP contribution in [0.1, 0.15) is 17.3 Å². The molecule has 8 heteroatoms. The van der Waals surface area contributed by atoms with Crippen LogP contribution >= 0.6 is 0 Å². The van der Waals surface area contributed by atoms with Crippen molar-refractivity contribution in [1.29, 1.82) is 0 Å². The fourth-order valence-corrected chi connectivity index (χ4v) is 1.41. The van der Waals surface area contributed by atoms with Crippen LogP contribution in [0.4, 0.5) is 5.69 Å². The molecule has 114 valence electrons. The van der Waals surface area contributed by atoms with Crippen molar-refractivity contribution in [3.63, 3.8) is 0 Å². The summed E-state index contributed by atoms with van der Waals surface area (Å²) in [5.41, 5.74) is 5.57. The summed E-state index contributed by atoms with van der Waals surface area (Å²) in [5, 5.41) is 11.3. The fourth-order valence-electron chi connectivity index (χ4n) is 1.41. The Kier molecular flexibility index (Phi) is 5.67. The van der Waals surface area contributed by atoms with Gasteiger partial charge in [0.1, 0.15) is 5.75 Å². The zero-order chi connectivity index (χ0) is 16.0. The lowest BCUT2D eigenvalue weighted by molar-refractivity contribution is -0.144. The first-order chi connectivity index (χ1) is 9.88. The number of hydrogen-bond acceptors (Lipinski definition) is 6. The molecule has 1 aromatic rings. The van der Waals surface area contributed by atoms with Gasteiger partial charge in [0.2, 0.25) is 5.91 Å². The molecule has 8 nitrogen and oxygen atoms in total. The maximum atomic E-state index is 11.5. The summed E-state index contributed by atoms with van der Waals surface area (Å²) in [4.78, 5) is 33.6.